The fourth-order valence-corrected chi connectivity index (χ4v) is 5.37. The van der Waals surface area contributed by atoms with Gasteiger partial charge in [-0.1, -0.05) is 29.5 Å². The topological polar surface area (TPSA) is 107 Å². The van der Waals surface area contributed by atoms with Crippen LogP contribution in [0.25, 0.3) is 6.08 Å². The minimum Gasteiger partial charge on any atom is -0.482 e. The van der Waals surface area contributed by atoms with E-state index in [1.165, 1.54) is 27.2 Å². The Morgan fingerprint density at radius 2 is 2.09 bits per heavy atom. The summed E-state index contributed by atoms with van der Waals surface area (Å²) in [6, 6.07) is 9.95. The van der Waals surface area contributed by atoms with Crippen LogP contribution in [0.3, 0.4) is 0 Å². The lowest BCUT2D eigenvalue weighted by Gasteiger charge is -2.23. The number of hydrogen-bond donors (Lipinski definition) is 1. The summed E-state index contributed by atoms with van der Waals surface area (Å²) in [6.07, 6.45) is 1.70. The van der Waals surface area contributed by atoms with Crippen molar-refractivity contribution in [2.75, 3.05) is 13.2 Å². The van der Waals surface area contributed by atoms with Gasteiger partial charge < -0.3 is 14.6 Å². The normalized spacial score (nSPS) is 15.7. The van der Waals surface area contributed by atoms with E-state index in [2.05, 4.69) is 4.99 Å². The quantitative estimate of drug-likeness (QED) is 0.516. The predicted molar refractivity (Wildman–Crippen MR) is 124 cm³/mol. The number of allylic oxidation sites excluding steroid dienone is 1. The molecule has 170 valence electrons. The number of carboxylic acids is 1. The van der Waals surface area contributed by atoms with Crippen LogP contribution in [-0.4, -0.2) is 34.8 Å². The number of rotatable bonds is 7. The fourth-order valence-electron chi connectivity index (χ4n) is 3.50. The highest BCUT2D eigenvalue weighted by Crippen LogP contribution is 2.33. The molecule has 3 aromatic rings. The van der Waals surface area contributed by atoms with Crippen LogP contribution in [0, 0.1) is 0 Å². The molecule has 2 aromatic heterocycles. The first-order chi connectivity index (χ1) is 15.9. The van der Waals surface area contributed by atoms with E-state index in [0.717, 1.165) is 4.88 Å². The molecule has 0 spiro atoms. The Kier molecular flexibility index (Phi) is 6.57. The molecule has 0 fully saturated rings. The third-order valence-corrected chi connectivity index (χ3v) is 6.76. The Balaban J connectivity index is 1.83. The Labute approximate surface area is 196 Å². The number of benzene rings is 1. The summed E-state index contributed by atoms with van der Waals surface area (Å²) >= 11 is 2.68. The summed E-state index contributed by atoms with van der Waals surface area (Å²) < 4.78 is 12.5. The van der Waals surface area contributed by atoms with E-state index in [4.69, 9.17) is 14.6 Å². The Morgan fingerprint density at radius 3 is 2.79 bits per heavy atom. The van der Waals surface area contributed by atoms with Crippen LogP contribution >= 0.6 is 22.7 Å². The zero-order valence-corrected chi connectivity index (χ0v) is 19.4. The number of carbonyl (C=O) groups is 2. The van der Waals surface area contributed by atoms with Crippen molar-refractivity contribution < 1.29 is 24.2 Å². The maximum absolute atomic E-state index is 13.5. The first-order valence-corrected chi connectivity index (χ1v) is 11.8. The van der Waals surface area contributed by atoms with E-state index in [9.17, 15) is 14.4 Å². The second-order valence-electron chi connectivity index (χ2n) is 7.07. The monoisotopic (exact) mass is 484 g/mol. The van der Waals surface area contributed by atoms with Gasteiger partial charge in [0, 0.05) is 4.88 Å². The average molecular weight is 485 g/mol. The fraction of sp³-hybridized carbons (Fsp3) is 0.217. The van der Waals surface area contributed by atoms with Crippen molar-refractivity contribution in [3.63, 3.8) is 0 Å². The zero-order chi connectivity index (χ0) is 23.5. The van der Waals surface area contributed by atoms with Gasteiger partial charge in [0.2, 0.25) is 0 Å². The Bertz CT molecular complexity index is 1420. The summed E-state index contributed by atoms with van der Waals surface area (Å²) in [5.74, 6) is -1.18. The third-order valence-electron chi connectivity index (χ3n) is 4.85. The van der Waals surface area contributed by atoms with Crippen molar-refractivity contribution in [1.29, 1.82) is 0 Å². The number of fused-ring (bicyclic) bond motifs is 1. The molecule has 0 amide bonds. The second kappa shape index (κ2) is 9.55. The number of nitrogens with zero attached hydrogens (tertiary/aromatic N) is 2. The minimum absolute atomic E-state index is 0.220. The number of ether oxygens (including phenoxy) is 2. The van der Waals surface area contributed by atoms with Gasteiger partial charge in [-0.15, -0.1) is 11.3 Å². The largest absolute Gasteiger partial charge is 0.482 e. The summed E-state index contributed by atoms with van der Waals surface area (Å²) in [4.78, 5) is 42.8. The molecule has 1 aromatic carbocycles. The van der Waals surface area contributed by atoms with Gasteiger partial charge in [-0.3, -0.25) is 9.36 Å². The number of esters is 1. The predicted octanol–water partition coefficient (Wildman–Crippen LogP) is 2.32. The van der Waals surface area contributed by atoms with Gasteiger partial charge in [0.1, 0.15) is 11.8 Å². The van der Waals surface area contributed by atoms with E-state index >= 15 is 0 Å². The van der Waals surface area contributed by atoms with Crippen LogP contribution in [0.2, 0.25) is 0 Å². The summed E-state index contributed by atoms with van der Waals surface area (Å²) in [5, 5.41) is 10.7. The molecule has 10 heteroatoms. The maximum Gasteiger partial charge on any atom is 0.341 e. The number of thiophene rings is 1. The lowest BCUT2D eigenvalue weighted by molar-refractivity contribution is -0.140. The summed E-state index contributed by atoms with van der Waals surface area (Å²) in [5.41, 5.74) is 1.27. The Hall–Kier alpha value is -3.50. The number of carbonyl (C=O) groups excluding carboxylic acids is 1. The summed E-state index contributed by atoms with van der Waals surface area (Å²) in [7, 11) is 0. The molecule has 0 saturated carbocycles. The smallest absolute Gasteiger partial charge is 0.341 e. The lowest BCUT2D eigenvalue weighted by atomic mass is 10.0. The van der Waals surface area contributed by atoms with E-state index < -0.39 is 24.6 Å². The van der Waals surface area contributed by atoms with Crippen molar-refractivity contribution in [3.05, 3.63) is 83.2 Å². The molecule has 3 heterocycles. The van der Waals surface area contributed by atoms with Crippen LogP contribution in [-0.2, 0) is 14.3 Å². The van der Waals surface area contributed by atoms with Crippen molar-refractivity contribution in [1.82, 2.24) is 4.57 Å². The van der Waals surface area contributed by atoms with Gasteiger partial charge in [-0.25, -0.2) is 14.6 Å². The second-order valence-corrected chi connectivity index (χ2v) is 9.06. The molecule has 8 nitrogen and oxygen atoms in total. The molecule has 0 aliphatic carbocycles. The maximum atomic E-state index is 13.5. The Morgan fingerprint density at radius 1 is 1.27 bits per heavy atom. The van der Waals surface area contributed by atoms with Gasteiger partial charge in [-0.2, -0.15) is 0 Å². The van der Waals surface area contributed by atoms with E-state index in [0.29, 0.717) is 31.9 Å². The van der Waals surface area contributed by atoms with Crippen LogP contribution < -0.4 is 19.6 Å². The molecule has 1 aliphatic heterocycles. The summed E-state index contributed by atoms with van der Waals surface area (Å²) in [6.45, 7) is 3.24. The molecule has 1 aliphatic rings. The van der Waals surface area contributed by atoms with Gasteiger partial charge >= 0.3 is 11.9 Å². The van der Waals surface area contributed by atoms with E-state index in [1.54, 1.807) is 44.2 Å². The van der Waals surface area contributed by atoms with Crippen molar-refractivity contribution in [2.45, 2.75) is 19.9 Å². The number of aliphatic carboxylic acids is 1. The van der Waals surface area contributed by atoms with Gasteiger partial charge in [0.05, 0.1) is 22.4 Å². The van der Waals surface area contributed by atoms with Gasteiger partial charge in [-0.05, 0) is 49.1 Å². The highest BCUT2D eigenvalue weighted by molar-refractivity contribution is 7.10. The number of hydrogen-bond acceptors (Lipinski definition) is 8. The number of aromatic nitrogens is 1. The van der Waals surface area contributed by atoms with Crippen LogP contribution in [0.15, 0.2) is 62.8 Å². The third kappa shape index (κ3) is 4.67. The molecule has 0 radical (unpaired) electrons. The van der Waals surface area contributed by atoms with E-state index in [-0.39, 0.29) is 12.2 Å². The molecule has 1 N–H and O–H groups in total. The first kappa shape index (κ1) is 22.7. The molecule has 33 heavy (non-hydrogen) atoms. The highest BCUT2D eigenvalue weighted by atomic mass is 32.1. The molecular formula is C23H20N2O6S2. The van der Waals surface area contributed by atoms with Crippen molar-refractivity contribution in [3.8, 4) is 5.75 Å². The lowest BCUT2D eigenvalue weighted by Crippen LogP contribution is -2.39. The molecule has 0 saturated heterocycles. The van der Waals surface area contributed by atoms with E-state index in [1.807, 2.05) is 17.5 Å². The van der Waals surface area contributed by atoms with Crippen LogP contribution in [0.4, 0.5) is 0 Å². The van der Waals surface area contributed by atoms with Crippen molar-refractivity contribution >= 4 is 40.7 Å². The standard InChI is InChI=1S/C23H20N2O6S2/c1-3-30-22(29)19-13(2)24-23-25(20(19)16-8-5-9-32-16)21(28)17(33-23)11-14-6-4-7-15(10-14)31-12-18(26)27/h4-11,20H,3,12H2,1-2H3,(H,26,27)/b17-11+/t20-/m1/s1. The average Bonchev–Trinajstić information content (AvgIpc) is 3.41. The zero-order valence-electron chi connectivity index (χ0n) is 17.8. The minimum atomic E-state index is -1.07. The van der Waals surface area contributed by atoms with Crippen LogP contribution in [0.1, 0.15) is 30.3 Å². The molecular weight excluding hydrogens is 464 g/mol. The molecule has 1 atom stereocenters. The van der Waals surface area contributed by atoms with Gasteiger partial charge in [0.15, 0.2) is 11.4 Å². The highest BCUT2D eigenvalue weighted by Gasteiger charge is 2.33. The molecule has 0 bridgehead atoms. The molecule has 4 rings (SSSR count). The SMILES string of the molecule is CCOC(=O)C1=C(C)N=c2s/c(=C/c3cccc(OCC(=O)O)c3)c(=O)n2[C@@H]1c1cccs1. The number of carboxylic acid groups (broad SMARTS) is 1. The number of thiazole rings is 1. The molecule has 0 unspecified atom stereocenters. The van der Waals surface area contributed by atoms with Crippen molar-refractivity contribution in [2.24, 2.45) is 4.99 Å². The van der Waals surface area contributed by atoms with Gasteiger partial charge in [0.25, 0.3) is 5.56 Å². The first-order valence-electron chi connectivity index (χ1n) is 10.1. The van der Waals surface area contributed by atoms with Crippen LogP contribution in [0.5, 0.6) is 5.75 Å².